The molecule has 0 saturated heterocycles. The van der Waals surface area contributed by atoms with E-state index in [-0.39, 0.29) is 17.5 Å². The monoisotopic (exact) mass is 294 g/mol. The predicted octanol–water partition coefficient (Wildman–Crippen LogP) is 5.08. The molecular weight excluding hydrogens is 274 g/mol. The highest BCUT2D eigenvalue weighted by molar-refractivity contribution is 5.48. The van der Waals surface area contributed by atoms with Crippen LogP contribution in [0.15, 0.2) is 34.9 Å². The van der Waals surface area contributed by atoms with Gasteiger partial charge in [0.05, 0.1) is 6.04 Å². The Labute approximate surface area is 123 Å². The molecule has 0 aliphatic rings. The van der Waals surface area contributed by atoms with E-state index in [1.54, 1.807) is 18.4 Å². The lowest BCUT2D eigenvalue weighted by molar-refractivity contribution is 0.0175. The highest BCUT2D eigenvalue weighted by atomic mass is 19.3. The molecule has 1 aromatic heterocycles. The Kier molecular flexibility index (Phi) is 4.30. The molecule has 0 spiro atoms. The molecule has 0 radical (unpaired) electrons. The molecule has 0 bridgehead atoms. The summed E-state index contributed by atoms with van der Waals surface area (Å²) in [6, 6.07) is 6.13. The van der Waals surface area contributed by atoms with E-state index >= 15 is 0 Å². The van der Waals surface area contributed by atoms with Gasteiger partial charge in [-0.15, -0.1) is 0 Å². The van der Waals surface area contributed by atoms with Crippen LogP contribution in [0.25, 0.3) is 0 Å². The second-order valence-corrected chi connectivity index (χ2v) is 5.60. The average molecular weight is 294 g/mol. The van der Waals surface area contributed by atoms with Gasteiger partial charge >= 0.3 is 0 Å². The van der Waals surface area contributed by atoms with Crippen molar-refractivity contribution in [3.63, 3.8) is 0 Å². The van der Waals surface area contributed by atoms with E-state index in [0.717, 1.165) is 12.6 Å². The Morgan fingerprint density at radius 2 is 1.95 bits per heavy atom. The van der Waals surface area contributed by atoms with Crippen LogP contribution >= 0.6 is 0 Å². The first-order valence-electron chi connectivity index (χ1n) is 6.97. The molecule has 1 N–H and O–H groups in total. The normalized spacial score (nSPS) is 13.5. The van der Waals surface area contributed by atoms with Crippen molar-refractivity contribution in [2.45, 2.75) is 45.6 Å². The van der Waals surface area contributed by atoms with Gasteiger partial charge in [-0.1, -0.05) is 26.0 Å². The van der Waals surface area contributed by atoms with Crippen LogP contribution < -0.4 is 5.32 Å². The number of benzene rings is 1. The maximum atomic E-state index is 13.3. The zero-order valence-corrected chi connectivity index (χ0v) is 12.7. The molecule has 2 aromatic rings. The Morgan fingerprint density at radius 1 is 1.24 bits per heavy atom. The van der Waals surface area contributed by atoms with Gasteiger partial charge in [-0.3, -0.25) is 0 Å². The fourth-order valence-electron chi connectivity index (χ4n) is 1.97. The first kappa shape index (κ1) is 15.5. The third-order valence-corrected chi connectivity index (χ3v) is 3.23. The minimum atomic E-state index is -2.85. The number of alkyl halides is 2. The maximum absolute atomic E-state index is 13.3. The molecule has 114 valence electrons. The molecule has 0 aliphatic carbocycles. The van der Waals surface area contributed by atoms with Crippen molar-refractivity contribution in [3.05, 3.63) is 47.7 Å². The van der Waals surface area contributed by atoms with E-state index in [0.29, 0.717) is 11.6 Å². The van der Waals surface area contributed by atoms with E-state index < -0.39 is 5.92 Å². The Balaban J connectivity index is 2.13. The number of rotatable bonds is 5. The number of nitrogens with one attached hydrogen (secondary N) is 1. The lowest BCUT2D eigenvalue weighted by Gasteiger charge is -2.16. The van der Waals surface area contributed by atoms with Crippen LogP contribution in [0, 0.1) is 0 Å². The molecule has 5 heteroatoms. The number of halogens is 2. The molecule has 1 heterocycles. The zero-order valence-electron chi connectivity index (χ0n) is 12.7. The Morgan fingerprint density at radius 3 is 2.52 bits per heavy atom. The molecule has 3 nitrogen and oxygen atoms in total. The number of nitrogens with zero attached hydrogens (tertiary/aromatic N) is 1. The zero-order chi connectivity index (χ0) is 15.6. The van der Waals surface area contributed by atoms with Crippen molar-refractivity contribution in [2.24, 2.45) is 0 Å². The van der Waals surface area contributed by atoms with Crippen molar-refractivity contribution in [2.75, 3.05) is 5.32 Å². The summed E-state index contributed by atoms with van der Waals surface area (Å²) in [6.07, 6.45) is 1.60. The molecule has 1 atom stereocenters. The van der Waals surface area contributed by atoms with E-state index in [9.17, 15) is 8.78 Å². The van der Waals surface area contributed by atoms with Crippen molar-refractivity contribution in [1.29, 1.82) is 0 Å². The van der Waals surface area contributed by atoms with Crippen molar-refractivity contribution < 1.29 is 13.2 Å². The number of aromatic nitrogens is 1. The fraction of sp³-hybridized carbons (Fsp3) is 0.438. The van der Waals surface area contributed by atoms with Gasteiger partial charge < -0.3 is 9.73 Å². The van der Waals surface area contributed by atoms with Crippen LogP contribution in [0.4, 0.5) is 14.5 Å². The lowest BCUT2D eigenvalue weighted by atomic mass is 10.1. The van der Waals surface area contributed by atoms with Gasteiger partial charge in [-0.25, -0.2) is 13.8 Å². The first-order chi connectivity index (χ1) is 9.77. The summed E-state index contributed by atoms with van der Waals surface area (Å²) in [6.45, 7) is 6.81. The summed E-state index contributed by atoms with van der Waals surface area (Å²) in [5, 5.41) is 3.17. The van der Waals surface area contributed by atoms with Gasteiger partial charge in [-0.2, -0.15) is 0 Å². The third kappa shape index (κ3) is 3.80. The van der Waals surface area contributed by atoms with Gasteiger partial charge in [0.2, 0.25) is 0 Å². The minimum Gasteiger partial charge on any atom is -0.448 e. The topological polar surface area (TPSA) is 38.1 Å². The summed E-state index contributed by atoms with van der Waals surface area (Å²) in [7, 11) is 0. The van der Waals surface area contributed by atoms with Crippen LogP contribution in [-0.4, -0.2) is 4.98 Å². The first-order valence-corrected chi connectivity index (χ1v) is 6.97. The molecule has 0 aliphatic heterocycles. The highest BCUT2D eigenvalue weighted by Crippen LogP contribution is 2.29. The fourth-order valence-corrected chi connectivity index (χ4v) is 1.97. The molecule has 1 unspecified atom stereocenters. The molecule has 21 heavy (non-hydrogen) atoms. The number of oxazole rings is 1. The molecule has 1 aromatic carbocycles. The van der Waals surface area contributed by atoms with E-state index in [1.807, 2.05) is 20.8 Å². The van der Waals surface area contributed by atoms with E-state index in [4.69, 9.17) is 4.42 Å². The maximum Gasteiger partial charge on any atom is 0.270 e. The quantitative estimate of drug-likeness (QED) is 0.835. The number of hydrogen-bond donors (Lipinski definition) is 1. The summed E-state index contributed by atoms with van der Waals surface area (Å²) in [4.78, 5) is 4.40. The second-order valence-electron chi connectivity index (χ2n) is 5.60. The standard InChI is InChI=1S/C16H20F2N2O/c1-10(2)15-20-14(9-21-15)11(3)19-13-7-5-6-12(8-13)16(4,17)18/h5-11,19H,1-4H3. The number of hydrogen-bond acceptors (Lipinski definition) is 3. The molecule has 0 saturated carbocycles. The highest BCUT2D eigenvalue weighted by Gasteiger charge is 2.24. The predicted molar refractivity (Wildman–Crippen MR) is 78.6 cm³/mol. The Bertz CT molecular complexity index is 602. The second kappa shape index (κ2) is 5.84. The van der Waals surface area contributed by atoms with Gasteiger partial charge in [0, 0.05) is 24.1 Å². The summed E-state index contributed by atoms with van der Waals surface area (Å²) < 4.78 is 32.1. The van der Waals surface area contributed by atoms with E-state index in [2.05, 4.69) is 10.3 Å². The molecule has 2 rings (SSSR count). The molecular formula is C16H20F2N2O. The van der Waals surface area contributed by atoms with Crippen LogP contribution in [0.5, 0.6) is 0 Å². The van der Waals surface area contributed by atoms with Crippen LogP contribution in [0.2, 0.25) is 0 Å². The van der Waals surface area contributed by atoms with Gasteiger partial charge in [0.25, 0.3) is 5.92 Å². The minimum absolute atomic E-state index is 0.0114. The van der Waals surface area contributed by atoms with Crippen molar-refractivity contribution in [3.8, 4) is 0 Å². The van der Waals surface area contributed by atoms with Gasteiger partial charge in [0.1, 0.15) is 12.0 Å². The van der Waals surface area contributed by atoms with E-state index in [1.165, 1.54) is 12.1 Å². The smallest absolute Gasteiger partial charge is 0.270 e. The van der Waals surface area contributed by atoms with Gasteiger partial charge in [0.15, 0.2) is 5.89 Å². The Hall–Kier alpha value is -1.91. The average Bonchev–Trinajstić information content (AvgIpc) is 2.88. The SMILES string of the molecule is CC(C)c1nc(C(C)Nc2cccc(C(C)(F)F)c2)co1. The summed E-state index contributed by atoms with van der Waals surface area (Å²) in [5.74, 6) is -1.96. The summed E-state index contributed by atoms with van der Waals surface area (Å²) >= 11 is 0. The van der Waals surface area contributed by atoms with Crippen molar-refractivity contribution >= 4 is 5.69 Å². The van der Waals surface area contributed by atoms with Crippen molar-refractivity contribution in [1.82, 2.24) is 4.98 Å². The third-order valence-electron chi connectivity index (χ3n) is 3.23. The lowest BCUT2D eigenvalue weighted by Crippen LogP contribution is -2.10. The van der Waals surface area contributed by atoms with Gasteiger partial charge in [-0.05, 0) is 19.1 Å². The number of anilines is 1. The molecule has 0 amide bonds. The van der Waals surface area contributed by atoms with Crippen LogP contribution in [0.1, 0.15) is 56.8 Å². The largest absolute Gasteiger partial charge is 0.448 e. The summed E-state index contributed by atoms with van der Waals surface area (Å²) in [5.41, 5.74) is 1.38. The van der Waals surface area contributed by atoms with Crippen LogP contribution in [-0.2, 0) is 5.92 Å². The molecule has 0 fully saturated rings. The van der Waals surface area contributed by atoms with Crippen LogP contribution in [0.3, 0.4) is 0 Å².